The Bertz CT molecular complexity index is 1440. The van der Waals surface area contributed by atoms with E-state index in [2.05, 4.69) is 142 Å². The summed E-state index contributed by atoms with van der Waals surface area (Å²) in [5.74, 6) is 0. The van der Waals surface area contributed by atoms with Crippen LogP contribution in [0.1, 0.15) is 83.8 Å². The van der Waals surface area contributed by atoms with Crippen LogP contribution >= 0.6 is 0 Å². The molecule has 0 saturated heterocycles. The second-order valence-corrected chi connectivity index (χ2v) is 13.8. The predicted octanol–water partition coefficient (Wildman–Crippen LogP) is 9.09. The highest BCUT2D eigenvalue weighted by Gasteiger charge is 2.44. The molecule has 222 valence electrons. The van der Waals surface area contributed by atoms with Crippen LogP contribution in [-0.4, -0.2) is 49.4 Å². The first-order chi connectivity index (χ1) is 20.1. The Morgan fingerprint density at radius 3 is 2.29 bits per heavy atom. The molecule has 3 aliphatic rings. The highest BCUT2D eigenvalue weighted by Crippen LogP contribution is 2.46. The number of benzene rings is 2. The molecule has 2 aliphatic heterocycles. The molecule has 5 rings (SSSR count). The lowest BCUT2D eigenvalue weighted by Crippen LogP contribution is -2.28. The van der Waals surface area contributed by atoms with Gasteiger partial charge in [-0.05, 0) is 95.4 Å². The van der Waals surface area contributed by atoms with Crippen molar-refractivity contribution in [1.29, 1.82) is 0 Å². The summed E-state index contributed by atoms with van der Waals surface area (Å²) < 4.78 is 2.61. The number of fused-ring (bicyclic) bond motifs is 2. The molecule has 3 nitrogen and oxygen atoms in total. The van der Waals surface area contributed by atoms with Crippen LogP contribution in [0.25, 0.3) is 0 Å². The quantitative estimate of drug-likeness (QED) is 0.211. The van der Waals surface area contributed by atoms with Gasteiger partial charge >= 0.3 is 0 Å². The third-order valence-electron chi connectivity index (χ3n) is 9.69. The van der Waals surface area contributed by atoms with E-state index in [0.717, 1.165) is 19.4 Å². The monoisotopic (exact) mass is 562 g/mol. The molecule has 0 fully saturated rings. The zero-order valence-electron chi connectivity index (χ0n) is 27.2. The van der Waals surface area contributed by atoms with E-state index in [-0.39, 0.29) is 10.8 Å². The van der Waals surface area contributed by atoms with Crippen molar-refractivity contribution in [2.24, 2.45) is 0 Å². The van der Waals surface area contributed by atoms with Crippen molar-refractivity contribution in [2.75, 3.05) is 39.1 Å². The van der Waals surface area contributed by atoms with Crippen molar-refractivity contribution in [3.05, 3.63) is 107 Å². The molecule has 2 heterocycles. The van der Waals surface area contributed by atoms with Crippen LogP contribution in [0.15, 0.2) is 95.8 Å². The molecule has 0 spiro atoms. The number of likely N-dealkylation sites (N-methyl/N-ethyl adjacent to an activating group) is 1. The minimum atomic E-state index is 0.00394. The lowest BCUT2D eigenvalue weighted by Gasteiger charge is -2.24. The van der Waals surface area contributed by atoms with Gasteiger partial charge in [0, 0.05) is 48.0 Å². The topological polar surface area (TPSA) is 9.49 Å². The molecule has 0 saturated carbocycles. The van der Waals surface area contributed by atoms with E-state index in [9.17, 15) is 0 Å². The molecule has 0 bridgehead atoms. The number of hydrogen-bond donors (Lipinski definition) is 0. The first-order valence-corrected chi connectivity index (χ1v) is 16.1. The Morgan fingerprint density at radius 1 is 0.810 bits per heavy atom. The van der Waals surface area contributed by atoms with E-state index in [1.165, 1.54) is 83.7 Å². The SMILES string of the molecule is CN(C)CCCCCC[N+]1=C(/C=C/C2=CC(=C/C=C3/N(C)c4ccccc4C3(C)C)/CCC2)C(C)(C)c2ccccc21. The van der Waals surface area contributed by atoms with Crippen LogP contribution in [0.5, 0.6) is 0 Å². The summed E-state index contributed by atoms with van der Waals surface area (Å²) in [4.78, 5) is 4.66. The molecule has 0 unspecified atom stereocenters. The summed E-state index contributed by atoms with van der Waals surface area (Å²) in [6.07, 6.45) is 20.6. The van der Waals surface area contributed by atoms with Crippen LogP contribution in [0, 0.1) is 0 Å². The maximum atomic E-state index is 2.61. The third kappa shape index (κ3) is 6.13. The summed E-state index contributed by atoms with van der Waals surface area (Å²) in [6, 6.07) is 17.9. The largest absolute Gasteiger partial charge is 0.347 e. The van der Waals surface area contributed by atoms with Gasteiger partial charge in [0.1, 0.15) is 6.54 Å². The first-order valence-electron chi connectivity index (χ1n) is 16.1. The maximum Gasteiger partial charge on any atom is 0.209 e. The fourth-order valence-corrected chi connectivity index (χ4v) is 7.25. The Balaban J connectivity index is 1.36. The van der Waals surface area contributed by atoms with E-state index in [4.69, 9.17) is 0 Å². The molecular weight excluding hydrogens is 510 g/mol. The molecule has 0 atom stereocenters. The van der Waals surface area contributed by atoms with Crippen LogP contribution in [0.3, 0.4) is 0 Å². The van der Waals surface area contributed by atoms with Crippen LogP contribution in [0.4, 0.5) is 11.4 Å². The van der Waals surface area contributed by atoms with Gasteiger partial charge in [0.15, 0.2) is 5.71 Å². The lowest BCUT2D eigenvalue weighted by molar-refractivity contribution is -0.438. The van der Waals surface area contributed by atoms with E-state index in [0.29, 0.717) is 0 Å². The highest BCUT2D eigenvalue weighted by atomic mass is 15.2. The van der Waals surface area contributed by atoms with Gasteiger partial charge in [-0.15, -0.1) is 0 Å². The Morgan fingerprint density at radius 2 is 1.52 bits per heavy atom. The van der Waals surface area contributed by atoms with Crippen molar-refractivity contribution < 1.29 is 4.58 Å². The second-order valence-electron chi connectivity index (χ2n) is 13.8. The van der Waals surface area contributed by atoms with Crippen molar-refractivity contribution in [2.45, 2.75) is 83.5 Å². The predicted molar refractivity (Wildman–Crippen MR) is 181 cm³/mol. The fraction of sp³-hybridized carbons (Fsp3) is 0.462. The highest BCUT2D eigenvalue weighted by molar-refractivity contribution is 6.03. The minimum Gasteiger partial charge on any atom is -0.347 e. The maximum absolute atomic E-state index is 2.61. The summed E-state index contributed by atoms with van der Waals surface area (Å²) in [5, 5.41) is 0. The van der Waals surface area contributed by atoms with E-state index < -0.39 is 0 Å². The summed E-state index contributed by atoms with van der Waals surface area (Å²) in [5.41, 5.74) is 11.3. The molecule has 0 radical (unpaired) electrons. The summed E-state index contributed by atoms with van der Waals surface area (Å²) in [6.45, 7) is 11.8. The van der Waals surface area contributed by atoms with Gasteiger partial charge in [-0.25, -0.2) is 0 Å². The van der Waals surface area contributed by atoms with Gasteiger partial charge in [-0.2, -0.15) is 4.58 Å². The average molecular weight is 563 g/mol. The van der Waals surface area contributed by atoms with Gasteiger partial charge in [-0.1, -0.05) is 74.9 Å². The number of anilines is 1. The number of allylic oxidation sites excluding steroid dienone is 8. The van der Waals surface area contributed by atoms with Gasteiger partial charge in [0.2, 0.25) is 5.69 Å². The Kier molecular flexibility index (Phi) is 9.08. The van der Waals surface area contributed by atoms with Crippen LogP contribution in [-0.2, 0) is 10.8 Å². The van der Waals surface area contributed by atoms with Gasteiger partial charge in [-0.3, -0.25) is 0 Å². The lowest BCUT2D eigenvalue weighted by atomic mass is 9.81. The second kappa shape index (κ2) is 12.6. The molecule has 1 aliphatic carbocycles. The molecule has 2 aromatic rings. The number of unbranched alkanes of at least 4 members (excludes halogenated alkanes) is 3. The number of hydrogen-bond acceptors (Lipinski definition) is 2. The summed E-state index contributed by atoms with van der Waals surface area (Å²) in [7, 11) is 6.54. The first kappa shape index (κ1) is 30.3. The van der Waals surface area contributed by atoms with Crippen molar-refractivity contribution in [1.82, 2.24) is 4.90 Å². The standard InChI is InChI=1S/C39H52N3/c1-38(2)32-19-10-12-21-34(32)41(7)36(38)25-23-30-17-16-18-31(29-30)24-26-37-39(3,4)33-20-11-13-22-35(33)42(37)28-15-9-8-14-27-40(5)6/h10-13,19-26,29H,8-9,14-18,27-28H2,1-7H3/q+1. The van der Waals surface area contributed by atoms with Crippen LogP contribution in [0.2, 0.25) is 0 Å². The Labute approximate surface area is 255 Å². The normalized spacial score (nSPS) is 21.1. The van der Waals surface area contributed by atoms with E-state index in [1.807, 2.05) is 0 Å². The minimum absolute atomic E-state index is 0.00394. The number of rotatable bonds is 10. The molecule has 2 aromatic carbocycles. The van der Waals surface area contributed by atoms with E-state index in [1.54, 1.807) is 0 Å². The zero-order chi connectivity index (χ0) is 29.9. The van der Waals surface area contributed by atoms with E-state index >= 15 is 0 Å². The van der Waals surface area contributed by atoms with Crippen LogP contribution < -0.4 is 4.90 Å². The van der Waals surface area contributed by atoms with Crippen molar-refractivity contribution >= 4 is 17.1 Å². The molecule has 0 N–H and O–H groups in total. The fourth-order valence-electron chi connectivity index (χ4n) is 7.25. The van der Waals surface area contributed by atoms with Gasteiger partial charge in [0.05, 0.1) is 5.41 Å². The molecule has 3 heteroatoms. The molecule has 0 aromatic heterocycles. The average Bonchev–Trinajstić information content (AvgIpc) is 3.30. The van der Waals surface area contributed by atoms with Crippen molar-refractivity contribution in [3.63, 3.8) is 0 Å². The summed E-state index contributed by atoms with van der Waals surface area (Å²) >= 11 is 0. The van der Waals surface area contributed by atoms with Gasteiger partial charge < -0.3 is 9.80 Å². The van der Waals surface area contributed by atoms with Crippen molar-refractivity contribution in [3.8, 4) is 0 Å². The third-order valence-corrected chi connectivity index (χ3v) is 9.69. The number of para-hydroxylation sites is 2. The number of nitrogens with zero attached hydrogens (tertiary/aromatic N) is 3. The zero-order valence-corrected chi connectivity index (χ0v) is 27.2. The smallest absolute Gasteiger partial charge is 0.209 e. The molecular formula is C39H52N3+. The van der Waals surface area contributed by atoms with Gasteiger partial charge in [0.25, 0.3) is 0 Å². The molecule has 42 heavy (non-hydrogen) atoms. The Hall–Kier alpha value is -3.17. The molecule has 0 amide bonds.